The molecule has 0 spiro atoms. The van der Waals surface area contributed by atoms with E-state index in [9.17, 15) is 0 Å². The summed E-state index contributed by atoms with van der Waals surface area (Å²) in [6, 6.07) is 7.02. The summed E-state index contributed by atoms with van der Waals surface area (Å²) in [4.78, 5) is 0. The third-order valence-electron chi connectivity index (χ3n) is 2.70. The Morgan fingerprint density at radius 3 is 2.42 bits per heavy atom. The van der Waals surface area contributed by atoms with E-state index in [-0.39, 0.29) is 6.04 Å². The molecule has 1 heterocycles. The fourth-order valence-corrected chi connectivity index (χ4v) is 3.82. The van der Waals surface area contributed by atoms with Gasteiger partial charge in [-0.2, -0.15) is 0 Å². The van der Waals surface area contributed by atoms with Crippen molar-refractivity contribution in [1.82, 2.24) is 5.43 Å². The van der Waals surface area contributed by atoms with Crippen LogP contribution >= 0.6 is 57.7 Å². The number of hydrogen-bond acceptors (Lipinski definition) is 3. The van der Waals surface area contributed by atoms with E-state index < -0.39 is 0 Å². The number of hydrazine groups is 1. The Kier molecular flexibility index (Phi) is 5.37. The van der Waals surface area contributed by atoms with Gasteiger partial charge in [0.05, 0.1) is 14.7 Å². The standard InChI is InChI=1S/C12H10Cl4N2S/c13-7-2-1-6(9(14)4-7)3-10(18-17)8-5-11(15)19-12(8)16/h1-2,4-5,10,18H,3,17H2. The molecule has 0 aliphatic rings. The van der Waals surface area contributed by atoms with E-state index in [0.29, 0.717) is 25.1 Å². The third kappa shape index (κ3) is 3.76. The van der Waals surface area contributed by atoms with Crippen molar-refractivity contribution < 1.29 is 0 Å². The molecule has 0 amide bonds. The lowest BCUT2D eigenvalue weighted by Crippen LogP contribution is -2.29. The lowest BCUT2D eigenvalue weighted by atomic mass is 10.0. The molecule has 2 nitrogen and oxygen atoms in total. The van der Waals surface area contributed by atoms with Crippen molar-refractivity contribution in [2.24, 2.45) is 5.84 Å². The lowest BCUT2D eigenvalue weighted by molar-refractivity contribution is 0.554. The van der Waals surface area contributed by atoms with Gasteiger partial charge in [-0.1, -0.05) is 52.5 Å². The molecular formula is C12H10Cl4N2S. The summed E-state index contributed by atoms with van der Waals surface area (Å²) < 4.78 is 1.25. The van der Waals surface area contributed by atoms with Gasteiger partial charge in [0.2, 0.25) is 0 Å². The van der Waals surface area contributed by atoms with Crippen LogP contribution in [0, 0.1) is 0 Å². The number of nitrogens with two attached hydrogens (primary N) is 1. The fraction of sp³-hybridized carbons (Fsp3) is 0.167. The third-order valence-corrected chi connectivity index (χ3v) is 4.80. The molecule has 0 radical (unpaired) electrons. The second kappa shape index (κ2) is 6.64. The Balaban J connectivity index is 2.26. The lowest BCUT2D eigenvalue weighted by Gasteiger charge is -2.16. The van der Waals surface area contributed by atoms with E-state index >= 15 is 0 Å². The van der Waals surface area contributed by atoms with E-state index in [1.807, 2.05) is 12.1 Å². The smallest absolute Gasteiger partial charge is 0.0992 e. The van der Waals surface area contributed by atoms with E-state index in [2.05, 4.69) is 5.43 Å². The molecule has 2 rings (SSSR count). The first-order valence-corrected chi connectivity index (χ1v) is 7.69. The summed E-state index contributed by atoms with van der Waals surface area (Å²) in [6.45, 7) is 0. The first-order chi connectivity index (χ1) is 9.01. The second-order valence-electron chi connectivity index (χ2n) is 3.94. The minimum absolute atomic E-state index is 0.157. The molecule has 1 aromatic carbocycles. The van der Waals surface area contributed by atoms with E-state index in [4.69, 9.17) is 52.2 Å². The Bertz CT molecular complexity index is 585. The van der Waals surface area contributed by atoms with Crippen LogP contribution in [0.4, 0.5) is 0 Å². The number of halogens is 4. The van der Waals surface area contributed by atoms with Gasteiger partial charge in [0.25, 0.3) is 0 Å². The molecule has 102 valence electrons. The topological polar surface area (TPSA) is 38.0 Å². The molecule has 19 heavy (non-hydrogen) atoms. The van der Waals surface area contributed by atoms with Crippen molar-refractivity contribution in [2.75, 3.05) is 0 Å². The van der Waals surface area contributed by atoms with E-state index in [0.717, 1.165) is 11.1 Å². The van der Waals surface area contributed by atoms with Crippen molar-refractivity contribution in [2.45, 2.75) is 12.5 Å². The average Bonchev–Trinajstić information content (AvgIpc) is 2.68. The SMILES string of the molecule is NNC(Cc1ccc(Cl)cc1Cl)c1cc(Cl)sc1Cl. The van der Waals surface area contributed by atoms with Crippen molar-refractivity contribution in [3.05, 3.63) is 54.1 Å². The predicted molar refractivity (Wildman–Crippen MR) is 84.6 cm³/mol. The molecule has 1 unspecified atom stereocenters. The number of hydrogen-bond donors (Lipinski definition) is 2. The molecule has 0 saturated carbocycles. The van der Waals surface area contributed by atoms with Gasteiger partial charge < -0.3 is 0 Å². The van der Waals surface area contributed by atoms with Gasteiger partial charge >= 0.3 is 0 Å². The first-order valence-electron chi connectivity index (χ1n) is 5.36. The average molecular weight is 356 g/mol. The van der Waals surface area contributed by atoms with Crippen LogP contribution in [0.25, 0.3) is 0 Å². The molecule has 0 aliphatic carbocycles. The number of rotatable bonds is 4. The van der Waals surface area contributed by atoms with Crippen LogP contribution in [0.3, 0.4) is 0 Å². The molecule has 7 heteroatoms. The van der Waals surface area contributed by atoms with Crippen molar-refractivity contribution in [3.8, 4) is 0 Å². The Labute approximate surface area is 135 Å². The normalized spacial score (nSPS) is 12.7. The Hall–Kier alpha value is -0.0000000000000000555. The molecule has 1 aromatic heterocycles. The van der Waals surface area contributed by atoms with Gasteiger partial charge in [-0.3, -0.25) is 11.3 Å². The predicted octanol–water partition coefficient (Wildman–Crippen LogP) is 5.11. The summed E-state index contributed by atoms with van der Waals surface area (Å²) in [7, 11) is 0. The highest BCUT2D eigenvalue weighted by Gasteiger charge is 2.18. The van der Waals surface area contributed by atoms with Crippen LogP contribution in [0.2, 0.25) is 18.7 Å². The number of thiophene rings is 1. The van der Waals surface area contributed by atoms with Crippen molar-refractivity contribution >= 4 is 57.7 Å². The summed E-state index contributed by atoms with van der Waals surface area (Å²) in [5.74, 6) is 5.59. The van der Waals surface area contributed by atoms with Gasteiger partial charge in [0.1, 0.15) is 0 Å². The van der Waals surface area contributed by atoms with Crippen LogP contribution in [0.1, 0.15) is 17.2 Å². The second-order valence-corrected chi connectivity index (χ2v) is 7.07. The van der Waals surface area contributed by atoms with Crippen LogP contribution in [-0.4, -0.2) is 0 Å². The highest BCUT2D eigenvalue weighted by atomic mass is 35.5. The molecule has 0 aliphatic heterocycles. The van der Waals surface area contributed by atoms with Crippen molar-refractivity contribution in [3.63, 3.8) is 0 Å². The summed E-state index contributed by atoms with van der Waals surface area (Å²) in [5.41, 5.74) is 4.54. The van der Waals surface area contributed by atoms with Crippen LogP contribution < -0.4 is 11.3 Å². The van der Waals surface area contributed by atoms with Gasteiger partial charge in [-0.15, -0.1) is 11.3 Å². The molecule has 1 atom stereocenters. The maximum absolute atomic E-state index is 6.15. The monoisotopic (exact) mass is 354 g/mol. The van der Waals surface area contributed by atoms with Gasteiger partial charge in [0, 0.05) is 15.6 Å². The van der Waals surface area contributed by atoms with E-state index in [1.165, 1.54) is 11.3 Å². The zero-order valence-electron chi connectivity index (χ0n) is 9.59. The largest absolute Gasteiger partial charge is 0.271 e. The maximum Gasteiger partial charge on any atom is 0.0992 e. The van der Waals surface area contributed by atoms with Gasteiger partial charge in [-0.25, -0.2) is 0 Å². The molecule has 2 aromatic rings. The fourth-order valence-electron chi connectivity index (χ4n) is 1.76. The van der Waals surface area contributed by atoms with E-state index in [1.54, 1.807) is 12.1 Å². The molecular weight excluding hydrogens is 346 g/mol. The van der Waals surface area contributed by atoms with Crippen LogP contribution in [0.5, 0.6) is 0 Å². The molecule has 0 fully saturated rings. The molecule has 3 N–H and O–H groups in total. The summed E-state index contributed by atoms with van der Waals surface area (Å²) in [6.07, 6.45) is 0.597. The Morgan fingerprint density at radius 1 is 1.16 bits per heavy atom. The summed E-state index contributed by atoms with van der Waals surface area (Å²) >= 11 is 25.4. The van der Waals surface area contributed by atoms with Crippen LogP contribution in [-0.2, 0) is 6.42 Å². The van der Waals surface area contributed by atoms with Gasteiger partial charge in [-0.05, 0) is 30.2 Å². The molecule has 0 bridgehead atoms. The highest BCUT2D eigenvalue weighted by Crippen LogP contribution is 2.36. The molecule has 0 saturated heterocycles. The minimum atomic E-state index is -0.157. The number of benzene rings is 1. The first kappa shape index (κ1) is 15.4. The van der Waals surface area contributed by atoms with Crippen molar-refractivity contribution in [1.29, 1.82) is 0 Å². The summed E-state index contributed by atoms with van der Waals surface area (Å²) in [5, 5.41) is 1.20. The van der Waals surface area contributed by atoms with Gasteiger partial charge in [0.15, 0.2) is 0 Å². The minimum Gasteiger partial charge on any atom is -0.271 e. The zero-order chi connectivity index (χ0) is 14.0. The number of nitrogens with one attached hydrogen (secondary N) is 1. The maximum atomic E-state index is 6.15. The zero-order valence-corrected chi connectivity index (χ0v) is 13.4. The Morgan fingerprint density at radius 2 is 1.89 bits per heavy atom. The highest BCUT2D eigenvalue weighted by molar-refractivity contribution is 7.20. The quantitative estimate of drug-likeness (QED) is 0.590. The van der Waals surface area contributed by atoms with Crippen LogP contribution in [0.15, 0.2) is 24.3 Å².